The molecule has 41 heavy (non-hydrogen) atoms. The number of hydrogen-bond acceptors (Lipinski definition) is 8. The van der Waals surface area contributed by atoms with Crippen molar-refractivity contribution in [1.82, 2.24) is 9.62 Å². The van der Waals surface area contributed by atoms with Crippen LogP contribution in [-0.2, 0) is 30.9 Å². The summed E-state index contributed by atoms with van der Waals surface area (Å²) in [6.07, 6.45) is -0.972. The highest BCUT2D eigenvalue weighted by molar-refractivity contribution is 7.92. The van der Waals surface area contributed by atoms with Crippen LogP contribution in [0.5, 0.6) is 5.75 Å². The van der Waals surface area contributed by atoms with E-state index < -0.39 is 69.3 Å². The third-order valence-corrected chi connectivity index (χ3v) is 7.61. The van der Waals surface area contributed by atoms with E-state index >= 15 is 4.39 Å². The molecule has 1 fully saturated rings. The lowest BCUT2D eigenvalue weighted by atomic mass is 9.92. The standard InChI is InChI=1S/C27H41FN4O8S/c1-25(2,3)10-11-30(23(35)39-26(4,5)6)14-16-12-17-18(32(16)24(36)40-27(7,8)9)13-19(33)22(21(17)28)31-15-20(34)29-41(31,37)38/h13,16,33H,10-12,14-15H2,1-9H3,(H,29,34)/t16-/m1/s1. The molecule has 0 aliphatic carbocycles. The number of fused-ring (bicyclic) bond motifs is 1. The molecule has 3 amide bonds. The molecule has 0 unspecified atom stereocenters. The highest BCUT2D eigenvalue weighted by atomic mass is 32.2. The van der Waals surface area contributed by atoms with Gasteiger partial charge in [0.2, 0.25) is 0 Å². The molecule has 0 saturated carbocycles. The summed E-state index contributed by atoms with van der Waals surface area (Å²) in [4.78, 5) is 41.1. The van der Waals surface area contributed by atoms with Crippen LogP contribution in [0, 0.1) is 11.2 Å². The van der Waals surface area contributed by atoms with E-state index in [2.05, 4.69) is 0 Å². The molecule has 1 aromatic carbocycles. The average Bonchev–Trinajstić information content (AvgIpc) is 3.23. The number of nitrogens with zero attached hydrogens (tertiary/aromatic N) is 3. The second kappa shape index (κ2) is 10.8. The minimum absolute atomic E-state index is 0.0289. The van der Waals surface area contributed by atoms with E-state index in [9.17, 15) is 27.9 Å². The zero-order valence-corrected chi connectivity index (χ0v) is 25.9. The fourth-order valence-corrected chi connectivity index (χ4v) is 5.65. The van der Waals surface area contributed by atoms with Crippen LogP contribution in [0.2, 0.25) is 0 Å². The van der Waals surface area contributed by atoms with E-state index in [-0.39, 0.29) is 36.2 Å². The van der Waals surface area contributed by atoms with Crippen molar-refractivity contribution in [2.24, 2.45) is 5.41 Å². The Morgan fingerprint density at radius 2 is 1.68 bits per heavy atom. The number of anilines is 2. The van der Waals surface area contributed by atoms with Crippen molar-refractivity contribution in [1.29, 1.82) is 0 Å². The van der Waals surface area contributed by atoms with Crippen molar-refractivity contribution >= 4 is 39.7 Å². The van der Waals surface area contributed by atoms with Crippen LogP contribution in [-0.4, -0.2) is 73.4 Å². The zero-order chi connectivity index (χ0) is 31.3. The van der Waals surface area contributed by atoms with Crippen molar-refractivity contribution in [3.05, 3.63) is 17.4 Å². The highest BCUT2D eigenvalue weighted by Crippen LogP contribution is 2.45. The lowest BCUT2D eigenvalue weighted by Crippen LogP contribution is -2.50. The second-order valence-electron chi connectivity index (χ2n) is 13.5. The fraction of sp³-hybridized carbons (Fsp3) is 0.667. The number of nitrogens with one attached hydrogen (secondary N) is 1. The quantitative estimate of drug-likeness (QED) is 0.515. The number of carbonyl (C=O) groups is 3. The number of amides is 3. The molecule has 0 aromatic heterocycles. The first-order valence-electron chi connectivity index (χ1n) is 13.4. The number of phenolic OH excluding ortho intramolecular Hbond substituents is 1. The lowest BCUT2D eigenvalue weighted by Gasteiger charge is -2.34. The van der Waals surface area contributed by atoms with Gasteiger partial charge >= 0.3 is 22.4 Å². The molecule has 2 aliphatic rings. The van der Waals surface area contributed by atoms with E-state index in [1.807, 2.05) is 20.8 Å². The van der Waals surface area contributed by atoms with E-state index in [0.717, 1.165) is 6.07 Å². The first kappa shape index (κ1) is 32.2. The van der Waals surface area contributed by atoms with Gasteiger partial charge in [-0.15, -0.1) is 0 Å². The van der Waals surface area contributed by atoms with Gasteiger partial charge in [-0.25, -0.2) is 23.0 Å². The van der Waals surface area contributed by atoms with Crippen LogP contribution in [0.25, 0.3) is 0 Å². The summed E-state index contributed by atoms with van der Waals surface area (Å²) in [6.45, 7) is 15.8. The van der Waals surface area contributed by atoms with Gasteiger partial charge in [0.25, 0.3) is 5.91 Å². The molecular weight excluding hydrogens is 559 g/mol. The Morgan fingerprint density at radius 1 is 1.10 bits per heavy atom. The number of rotatable bonds is 5. The van der Waals surface area contributed by atoms with Crippen molar-refractivity contribution < 1.29 is 41.8 Å². The van der Waals surface area contributed by atoms with Crippen molar-refractivity contribution in [3.63, 3.8) is 0 Å². The molecule has 1 atom stereocenters. The van der Waals surface area contributed by atoms with E-state index in [0.29, 0.717) is 10.7 Å². The van der Waals surface area contributed by atoms with Gasteiger partial charge in [0.15, 0.2) is 5.82 Å². The van der Waals surface area contributed by atoms with Gasteiger partial charge in [-0.2, -0.15) is 8.42 Å². The Hall–Kier alpha value is -3.29. The minimum atomic E-state index is -4.43. The summed E-state index contributed by atoms with van der Waals surface area (Å²) >= 11 is 0. The van der Waals surface area contributed by atoms with Crippen molar-refractivity contribution in [2.75, 3.05) is 28.8 Å². The molecule has 0 spiro atoms. The predicted octanol–water partition coefficient (Wildman–Crippen LogP) is 4.05. The Bertz CT molecular complexity index is 1330. The maximum atomic E-state index is 16.0. The SMILES string of the molecule is CC(C)(C)CCN(C[C@H]1Cc2c(cc(O)c(N3CC(=O)NS3(=O)=O)c2F)N1C(=O)OC(C)(C)C)C(=O)OC(C)(C)C. The Labute approximate surface area is 240 Å². The van der Waals surface area contributed by atoms with E-state index in [4.69, 9.17) is 9.47 Å². The van der Waals surface area contributed by atoms with Crippen LogP contribution in [0.15, 0.2) is 6.07 Å². The molecule has 14 heteroatoms. The van der Waals surface area contributed by atoms with Crippen molar-refractivity contribution in [3.8, 4) is 5.75 Å². The lowest BCUT2D eigenvalue weighted by molar-refractivity contribution is -0.117. The second-order valence-corrected chi connectivity index (χ2v) is 15.1. The Kier molecular flexibility index (Phi) is 8.52. The molecule has 2 aliphatic heterocycles. The Balaban J connectivity index is 2.08. The number of carbonyl (C=O) groups excluding carboxylic acids is 3. The molecule has 0 radical (unpaired) electrons. The summed E-state index contributed by atoms with van der Waals surface area (Å²) in [5.41, 5.74) is -2.65. The van der Waals surface area contributed by atoms with Crippen LogP contribution in [0.1, 0.15) is 74.3 Å². The number of phenols is 1. The van der Waals surface area contributed by atoms with Crippen LogP contribution < -0.4 is 13.9 Å². The van der Waals surface area contributed by atoms with Gasteiger partial charge < -0.3 is 19.5 Å². The van der Waals surface area contributed by atoms with Gasteiger partial charge in [0.05, 0.1) is 11.7 Å². The van der Waals surface area contributed by atoms with E-state index in [1.165, 1.54) is 9.80 Å². The largest absolute Gasteiger partial charge is 0.506 e. The molecule has 0 bridgehead atoms. The van der Waals surface area contributed by atoms with Crippen LogP contribution >= 0.6 is 0 Å². The van der Waals surface area contributed by atoms with Gasteiger partial charge in [0.1, 0.15) is 29.2 Å². The number of benzene rings is 1. The van der Waals surface area contributed by atoms with Gasteiger partial charge in [-0.1, -0.05) is 20.8 Å². The molecule has 2 heterocycles. The van der Waals surface area contributed by atoms with Gasteiger partial charge in [-0.05, 0) is 53.4 Å². The first-order valence-corrected chi connectivity index (χ1v) is 14.8. The minimum Gasteiger partial charge on any atom is -0.506 e. The van der Waals surface area contributed by atoms with E-state index in [1.54, 1.807) is 46.3 Å². The molecular formula is C27H41FN4O8S. The summed E-state index contributed by atoms with van der Waals surface area (Å²) < 4.78 is 54.3. The highest BCUT2D eigenvalue weighted by Gasteiger charge is 2.44. The molecule has 3 rings (SSSR count). The smallest absolute Gasteiger partial charge is 0.415 e. The molecule has 2 N–H and O–H groups in total. The fourth-order valence-electron chi connectivity index (χ4n) is 4.48. The summed E-state index contributed by atoms with van der Waals surface area (Å²) in [5.74, 6) is -2.77. The molecule has 1 saturated heterocycles. The summed E-state index contributed by atoms with van der Waals surface area (Å²) in [7, 11) is -4.43. The first-order chi connectivity index (χ1) is 18.5. The summed E-state index contributed by atoms with van der Waals surface area (Å²) in [5, 5.41) is 10.8. The maximum absolute atomic E-state index is 16.0. The Morgan fingerprint density at radius 3 is 2.17 bits per heavy atom. The monoisotopic (exact) mass is 600 g/mol. The van der Waals surface area contributed by atoms with Gasteiger partial charge in [-0.3, -0.25) is 9.69 Å². The zero-order valence-electron chi connectivity index (χ0n) is 25.1. The number of ether oxygens (including phenoxy) is 2. The molecule has 230 valence electrons. The van der Waals surface area contributed by atoms with Crippen LogP contribution in [0.3, 0.4) is 0 Å². The topological polar surface area (TPSA) is 146 Å². The average molecular weight is 601 g/mol. The number of hydrogen-bond donors (Lipinski definition) is 2. The normalized spacial score (nSPS) is 18.7. The van der Waals surface area contributed by atoms with Crippen molar-refractivity contribution in [2.45, 2.75) is 92.4 Å². The number of aromatic hydroxyl groups is 1. The molecule has 1 aromatic rings. The van der Waals surface area contributed by atoms with Crippen LogP contribution in [0.4, 0.5) is 25.4 Å². The maximum Gasteiger partial charge on any atom is 0.415 e. The predicted molar refractivity (Wildman–Crippen MR) is 151 cm³/mol. The summed E-state index contributed by atoms with van der Waals surface area (Å²) in [6, 6.07) is 0.231. The third kappa shape index (κ3) is 7.72. The van der Waals surface area contributed by atoms with Gasteiger partial charge in [0, 0.05) is 31.1 Å². The molecule has 12 nitrogen and oxygen atoms in total. The third-order valence-electron chi connectivity index (χ3n) is 6.24. The number of halogens is 1.